The second-order valence-electron chi connectivity index (χ2n) is 5.82. The molecule has 0 saturated heterocycles. The van der Waals surface area contributed by atoms with Crippen LogP contribution in [0.5, 0.6) is 0 Å². The largest absolute Gasteiger partial charge is 0.216 e. The van der Waals surface area contributed by atoms with Crippen molar-refractivity contribution in [3.63, 3.8) is 0 Å². The maximum atomic E-state index is 12.1. The van der Waals surface area contributed by atoms with Gasteiger partial charge >= 0.3 is 0 Å². The van der Waals surface area contributed by atoms with Crippen LogP contribution in [0.15, 0.2) is 30.6 Å². The molecule has 1 heteroatoms. The molecule has 0 unspecified atom stereocenters. The Morgan fingerprint density at radius 3 is 2.37 bits per heavy atom. The van der Waals surface area contributed by atoms with E-state index >= 15 is 0 Å². The highest BCUT2D eigenvalue weighted by Gasteiger charge is 2.21. The standard InChI is InChI=1S/C18H25F/c1-2-3-4-15-5-9-17(10-6-15)18-11-7-16(8-12-18)13-14-19/h7-8,11-15,17H,2-6,9-10H2,1H3/t15-,17-. The summed E-state index contributed by atoms with van der Waals surface area (Å²) in [5.41, 5.74) is 2.38. The third kappa shape index (κ3) is 4.19. The predicted molar refractivity (Wildman–Crippen MR) is 80.8 cm³/mol. The SMILES string of the molecule is CCCC[C@H]1CC[C@H](c2ccc(C=CF)cc2)CC1. The third-order valence-corrected chi connectivity index (χ3v) is 4.48. The molecule has 0 N–H and O–H groups in total. The molecule has 1 aromatic carbocycles. The van der Waals surface area contributed by atoms with Crippen molar-refractivity contribution in [2.45, 2.75) is 57.8 Å². The minimum Gasteiger partial charge on any atom is -0.216 e. The van der Waals surface area contributed by atoms with E-state index in [0.29, 0.717) is 6.33 Å². The number of halogens is 1. The maximum absolute atomic E-state index is 12.1. The van der Waals surface area contributed by atoms with Gasteiger partial charge in [-0.05, 0) is 54.7 Å². The predicted octanol–water partition coefficient (Wildman–Crippen LogP) is 6.09. The van der Waals surface area contributed by atoms with Crippen molar-refractivity contribution in [3.05, 3.63) is 41.7 Å². The van der Waals surface area contributed by atoms with Crippen molar-refractivity contribution in [3.8, 4) is 0 Å². The molecule has 0 radical (unpaired) electrons. The van der Waals surface area contributed by atoms with Crippen molar-refractivity contribution in [2.24, 2.45) is 5.92 Å². The highest BCUT2D eigenvalue weighted by molar-refractivity contribution is 5.48. The molecule has 1 aromatic rings. The zero-order valence-electron chi connectivity index (χ0n) is 11.9. The van der Waals surface area contributed by atoms with Crippen LogP contribution in [-0.2, 0) is 0 Å². The van der Waals surface area contributed by atoms with Gasteiger partial charge in [0.1, 0.15) is 0 Å². The van der Waals surface area contributed by atoms with Crippen LogP contribution in [0.25, 0.3) is 6.08 Å². The van der Waals surface area contributed by atoms with E-state index in [-0.39, 0.29) is 0 Å². The molecule has 1 saturated carbocycles. The Bertz CT molecular complexity index is 383. The van der Waals surface area contributed by atoms with Gasteiger partial charge in [0.25, 0.3) is 0 Å². The second kappa shape index (κ2) is 7.47. The molecule has 0 spiro atoms. The lowest BCUT2D eigenvalue weighted by Gasteiger charge is -2.28. The molecule has 0 heterocycles. The van der Waals surface area contributed by atoms with Crippen molar-refractivity contribution >= 4 is 6.08 Å². The molecule has 0 aromatic heterocycles. The van der Waals surface area contributed by atoms with Crippen LogP contribution in [0, 0.1) is 5.92 Å². The van der Waals surface area contributed by atoms with E-state index < -0.39 is 0 Å². The lowest BCUT2D eigenvalue weighted by atomic mass is 9.77. The molecule has 0 amide bonds. The lowest BCUT2D eigenvalue weighted by Crippen LogP contribution is -2.13. The molecule has 104 valence electrons. The van der Waals surface area contributed by atoms with Crippen molar-refractivity contribution < 1.29 is 4.39 Å². The van der Waals surface area contributed by atoms with Gasteiger partial charge in [0.15, 0.2) is 0 Å². The average molecular weight is 260 g/mol. The summed E-state index contributed by atoms with van der Waals surface area (Å²) >= 11 is 0. The number of rotatable bonds is 5. The fourth-order valence-corrected chi connectivity index (χ4v) is 3.23. The van der Waals surface area contributed by atoms with Gasteiger partial charge in [-0.3, -0.25) is 0 Å². The Labute approximate surface area is 116 Å². The van der Waals surface area contributed by atoms with Crippen LogP contribution < -0.4 is 0 Å². The summed E-state index contributed by atoms with van der Waals surface area (Å²) in [6.45, 7) is 2.28. The fourth-order valence-electron chi connectivity index (χ4n) is 3.23. The van der Waals surface area contributed by atoms with Crippen molar-refractivity contribution in [1.82, 2.24) is 0 Å². The molecular weight excluding hydrogens is 235 g/mol. The van der Waals surface area contributed by atoms with Gasteiger partial charge in [0.05, 0.1) is 6.33 Å². The van der Waals surface area contributed by atoms with E-state index in [4.69, 9.17) is 0 Å². The topological polar surface area (TPSA) is 0 Å². The minimum atomic E-state index is 0.605. The zero-order valence-corrected chi connectivity index (χ0v) is 11.9. The van der Waals surface area contributed by atoms with Gasteiger partial charge < -0.3 is 0 Å². The molecule has 1 aliphatic rings. The van der Waals surface area contributed by atoms with E-state index in [2.05, 4.69) is 19.1 Å². The zero-order chi connectivity index (χ0) is 13.5. The van der Waals surface area contributed by atoms with E-state index in [1.165, 1.54) is 56.6 Å². The summed E-state index contributed by atoms with van der Waals surface area (Å²) in [7, 11) is 0. The number of benzene rings is 1. The van der Waals surface area contributed by atoms with Gasteiger partial charge in [-0.25, -0.2) is 4.39 Å². The average Bonchev–Trinajstić information content (AvgIpc) is 2.47. The number of hydrogen-bond acceptors (Lipinski definition) is 0. The first kappa shape index (κ1) is 14.3. The van der Waals surface area contributed by atoms with Gasteiger partial charge in [-0.1, -0.05) is 50.5 Å². The Morgan fingerprint density at radius 2 is 1.79 bits per heavy atom. The van der Waals surface area contributed by atoms with Crippen LogP contribution in [0.4, 0.5) is 4.39 Å². The highest BCUT2D eigenvalue weighted by atomic mass is 19.1. The summed E-state index contributed by atoms with van der Waals surface area (Å²) in [5, 5.41) is 0. The second-order valence-corrected chi connectivity index (χ2v) is 5.82. The fraction of sp³-hybridized carbons (Fsp3) is 0.556. The summed E-state index contributed by atoms with van der Waals surface area (Å²) in [6.07, 6.45) is 11.7. The Hall–Kier alpha value is -1.11. The van der Waals surface area contributed by atoms with Crippen LogP contribution in [0.2, 0.25) is 0 Å². The molecule has 2 rings (SSSR count). The van der Waals surface area contributed by atoms with Gasteiger partial charge in [-0.2, -0.15) is 0 Å². The van der Waals surface area contributed by atoms with Crippen molar-refractivity contribution in [1.29, 1.82) is 0 Å². The molecule has 0 atom stereocenters. The molecule has 19 heavy (non-hydrogen) atoms. The molecule has 0 nitrogen and oxygen atoms in total. The number of hydrogen-bond donors (Lipinski definition) is 0. The summed E-state index contributed by atoms with van der Waals surface area (Å²) in [5.74, 6) is 1.69. The van der Waals surface area contributed by atoms with E-state index in [1.54, 1.807) is 0 Å². The first-order chi connectivity index (χ1) is 9.33. The van der Waals surface area contributed by atoms with E-state index in [1.807, 2.05) is 12.1 Å². The highest BCUT2D eigenvalue weighted by Crippen LogP contribution is 2.37. The van der Waals surface area contributed by atoms with Crippen LogP contribution in [0.1, 0.15) is 68.9 Å². The van der Waals surface area contributed by atoms with E-state index in [0.717, 1.165) is 17.4 Å². The van der Waals surface area contributed by atoms with Crippen LogP contribution >= 0.6 is 0 Å². The van der Waals surface area contributed by atoms with Crippen LogP contribution in [-0.4, -0.2) is 0 Å². The summed E-state index contributed by atoms with van der Waals surface area (Å²) < 4.78 is 12.1. The normalized spacial score (nSPS) is 23.9. The summed E-state index contributed by atoms with van der Waals surface area (Å²) in [4.78, 5) is 0. The molecule has 0 bridgehead atoms. The Kier molecular flexibility index (Phi) is 5.62. The monoisotopic (exact) mass is 260 g/mol. The van der Waals surface area contributed by atoms with Gasteiger partial charge in [0.2, 0.25) is 0 Å². The Balaban J connectivity index is 1.87. The maximum Gasteiger partial charge on any atom is 0.0872 e. The Morgan fingerprint density at radius 1 is 1.11 bits per heavy atom. The first-order valence-electron chi connectivity index (χ1n) is 7.70. The molecule has 1 aliphatic carbocycles. The summed E-state index contributed by atoms with van der Waals surface area (Å²) in [6, 6.07) is 8.39. The molecular formula is C18H25F. The lowest BCUT2D eigenvalue weighted by molar-refractivity contribution is 0.304. The number of unbranched alkanes of at least 4 members (excludes halogenated alkanes) is 1. The molecule has 0 aliphatic heterocycles. The van der Waals surface area contributed by atoms with Gasteiger partial charge in [0, 0.05) is 0 Å². The third-order valence-electron chi connectivity index (χ3n) is 4.48. The molecule has 1 fully saturated rings. The first-order valence-corrected chi connectivity index (χ1v) is 7.70. The van der Waals surface area contributed by atoms with Crippen LogP contribution in [0.3, 0.4) is 0 Å². The van der Waals surface area contributed by atoms with Crippen molar-refractivity contribution in [2.75, 3.05) is 0 Å². The quantitative estimate of drug-likeness (QED) is 0.601. The smallest absolute Gasteiger partial charge is 0.0872 e. The minimum absolute atomic E-state index is 0.605. The van der Waals surface area contributed by atoms with E-state index in [9.17, 15) is 4.39 Å². The van der Waals surface area contributed by atoms with Gasteiger partial charge in [-0.15, -0.1) is 0 Å².